The Morgan fingerprint density at radius 1 is 1.09 bits per heavy atom. The van der Waals surface area contributed by atoms with Gasteiger partial charge in [0, 0.05) is 30.8 Å². The van der Waals surface area contributed by atoms with Crippen LogP contribution in [0.3, 0.4) is 0 Å². The number of fused-ring (bicyclic) bond motifs is 2. The molecule has 3 aromatic rings. The van der Waals surface area contributed by atoms with E-state index in [-0.39, 0.29) is 5.91 Å². The number of hydrogen-bond acceptors (Lipinski definition) is 7. The second kappa shape index (κ2) is 10.9. The molecule has 0 aliphatic carbocycles. The van der Waals surface area contributed by atoms with Crippen molar-refractivity contribution in [3.05, 3.63) is 42.0 Å². The van der Waals surface area contributed by atoms with Crippen molar-refractivity contribution in [2.75, 3.05) is 51.9 Å². The molecule has 0 N–H and O–H groups in total. The molecule has 176 valence electrons. The molecule has 0 bridgehead atoms. The number of carbonyl (C=O) groups excluding carboxylic acids is 1. The van der Waals surface area contributed by atoms with Crippen molar-refractivity contribution in [1.82, 2.24) is 9.88 Å². The van der Waals surface area contributed by atoms with Gasteiger partial charge in [0.15, 0.2) is 16.6 Å². The minimum atomic E-state index is -0.0906. The van der Waals surface area contributed by atoms with E-state index in [2.05, 4.69) is 11.8 Å². The molecule has 7 nitrogen and oxygen atoms in total. The monoisotopic (exact) mass is 469 g/mol. The van der Waals surface area contributed by atoms with Crippen LogP contribution in [0.2, 0.25) is 0 Å². The molecule has 33 heavy (non-hydrogen) atoms. The quantitative estimate of drug-likeness (QED) is 0.396. The van der Waals surface area contributed by atoms with E-state index in [4.69, 9.17) is 19.2 Å². The van der Waals surface area contributed by atoms with Crippen molar-refractivity contribution in [2.24, 2.45) is 0 Å². The van der Waals surface area contributed by atoms with E-state index < -0.39 is 0 Å². The van der Waals surface area contributed by atoms with Crippen LogP contribution in [-0.4, -0.2) is 62.8 Å². The number of likely N-dealkylation sites (N-methyl/N-ethyl adjacent to an activating group) is 1. The standard InChI is InChI=1S/C25H31N3O4S/c1-4-5-6-12-30-19-9-7-8-18(15-19)24(29)28(11-10-27(2)3)25-26-20-16-21-22(17-23(20)33-25)32-14-13-31-21/h7-9,15-17H,4-6,10-14H2,1-3H3. The summed E-state index contributed by atoms with van der Waals surface area (Å²) < 4.78 is 18.2. The number of thiazole rings is 1. The molecule has 8 heteroatoms. The summed E-state index contributed by atoms with van der Waals surface area (Å²) in [5.41, 5.74) is 1.39. The van der Waals surface area contributed by atoms with Gasteiger partial charge in [-0.15, -0.1) is 0 Å². The molecule has 0 saturated heterocycles. The highest BCUT2D eigenvalue weighted by Crippen LogP contribution is 2.39. The Bertz CT molecular complexity index is 1060. The fraction of sp³-hybridized carbons (Fsp3) is 0.440. The number of ether oxygens (including phenoxy) is 3. The minimum absolute atomic E-state index is 0.0906. The highest BCUT2D eigenvalue weighted by molar-refractivity contribution is 7.22. The van der Waals surface area contributed by atoms with E-state index in [1.54, 1.807) is 4.90 Å². The third-order valence-electron chi connectivity index (χ3n) is 5.39. The van der Waals surface area contributed by atoms with Crippen LogP contribution in [0.25, 0.3) is 10.2 Å². The van der Waals surface area contributed by atoms with Crippen molar-refractivity contribution >= 4 is 32.6 Å². The molecule has 1 aliphatic rings. The normalized spacial score (nSPS) is 12.8. The highest BCUT2D eigenvalue weighted by atomic mass is 32.1. The Labute approximate surface area is 198 Å². The maximum Gasteiger partial charge on any atom is 0.260 e. The van der Waals surface area contributed by atoms with Crippen molar-refractivity contribution in [1.29, 1.82) is 0 Å². The van der Waals surface area contributed by atoms with E-state index in [9.17, 15) is 4.79 Å². The lowest BCUT2D eigenvalue weighted by atomic mass is 10.2. The largest absolute Gasteiger partial charge is 0.494 e. The highest BCUT2D eigenvalue weighted by Gasteiger charge is 2.23. The zero-order chi connectivity index (χ0) is 23.2. The van der Waals surface area contributed by atoms with Crippen LogP contribution >= 0.6 is 11.3 Å². The predicted octanol–water partition coefficient (Wildman–Crippen LogP) is 4.84. The summed E-state index contributed by atoms with van der Waals surface area (Å²) in [7, 11) is 3.99. The number of unbranched alkanes of at least 4 members (excludes halogenated alkanes) is 2. The topological polar surface area (TPSA) is 64.1 Å². The number of anilines is 1. The Morgan fingerprint density at radius 2 is 1.88 bits per heavy atom. The van der Waals surface area contributed by atoms with Crippen LogP contribution < -0.4 is 19.1 Å². The Balaban J connectivity index is 1.60. The summed E-state index contributed by atoms with van der Waals surface area (Å²) in [6.45, 7) is 5.13. The van der Waals surface area contributed by atoms with Crippen molar-refractivity contribution in [3.63, 3.8) is 0 Å². The smallest absolute Gasteiger partial charge is 0.260 e. The third kappa shape index (κ3) is 5.75. The maximum atomic E-state index is 13.6. The third-order valence-corrected chi connectivity index (χ3v) is 6.43. The first-order valence-corrected chi connectivity index (χ1v) is 12.3. The summed E-state index contributed by atoms with van der Waals surface area (Å²) in [6, 6.07) is 11.3. The molecule has 4 rings (SSSR count). The van der Waals surface area contributed by atoms with Crippen molar-refractivity contribution in [2.45, 2.75) is 26.2 Å². The predicted molar refractivity (Wildman–Crippen MR) is 132 cm³/mol. The summed E-state index contributed by atoms with van der Waals surface area (Å²) in [6.07, 6.45) is 3.28. The fourth-order valence-electron chi connectivity index (χ4n) is 3.57. The van der Waals surface area contributed by atoms with E-state index in [1.807, 2.05) is 50.5 Å². The lowest BCUT2D eigenvalue weighted by Gasteiger charge is -2.22. The Hall–Kier alpha value is -2.84. The summed E-state index contributed by atoms with van der Waals surface area (Å²) in [5.74, 6) is 2.05. The number of amides is 1. The van der Waals surface area contributed by atoms with Crippen LogP contribution in [0, 0.1) is 0 Å². The first-order valence-electron chi connectivity index (χ1n) is 11.4. The maximum absolute atomic E-state index is 13.6. The van der Waals surface area contributed by atoms with E-state index in [1.165, 1.54) is 11.3 Å². The molecule has 0 radical (unpaired) electrons. The van der Waals surface area contributed by atoms with Gasteiger partial charge in [0.2, 0.25) is 0 Å². The van der Waals surface area contributed by atoms with Gasteiger partial charge in [-0.1, -0.05) is 37.2 Å². The molecule has 0 spiro atoms. The van der Waals surface area contributed by atoms with Crippen LogP contribution in [0.15, 0.2) is 36.4 Å². The van der Waals surface area contributed by atoms with Crippen LogP contribution in [0.5, 0.6) is 17.2 Å². The Morgan fingerprint density at radius 3 is 2.64 bits per heavy atom. The molecule has 2 heterocycles. The number of rotatable bonds is 10. The van der Waals surface area contributed by atoms with Gasteiger partial charge >= 0.3 is 0 Å². The van der Waals surface area contributed by atoms with E-state index >= 15 is 0 Å². The number of benzene rings is 2. The second-order valence-corrected chi connectivity index (χ2v) is 9.31. The van der Waals surface area contributed by atoms with Crippen molar-refractivity contribution in [3.8, 4) is 17.2 Å². The zero-order valence-corrected chi connectivity index (χ0v) is 20.3. The van der Waals surface area contributed by atoms with Crippen LogP contribution in [0.1, 0.15) is 36.5 Å². The molecule has 0 fully saturated rings. The van der Waals surface area contributed by atoms with E-state index in [0.29, 0.717) is 42.8 Å². The van der Waals surface area contributed by atoms with Gasteiger partial charge < -0.3 is 19.1 Å². The Kier molecular flexibility index (Phi) is 7.67. The zero-order valence-electron chi connectivity index (χ0n) is 19.5. The number of aromatic nitrogens is 1. The minimum Gasteiger partial charge on any atom is -0.494 e. The van der Waals surface area contributed by atoms with Gasteiger partial charge in [-0.25, -0.2) is 4.98 Å². The average molecular weight is 470 g/mol. The lowest BCUT2D eigenvalue weighted by molar-refractivity contribution is 0.0984. The van der Waals surface area contributed by atoms with Gasteiger partial charge in [-0.05, 0) is 38.7 Å². The summed E-state index contributed by atoms with van der Waals surface area (Å²) >= 11 is 1.49. The molecule has 0 unspecified atom stereocenters. The summed E-state index contributed by atoms with van der Waals surface area (Å²) in [4.78, 5) is 22.2. The lowest BCUT2D eigenvalue weighted by Crippen LogP contribution is -2.36. The van der Waals surface area contributed by atoms with Crippen LogP contribution in [-0.2, 0) is 0 Å². The van der Waals surface area contributed by atoms with Gasteiger partial charge in [0.1, 0.15) is 19.0 Å². The summed E-state index contributed by atoms with van der Waals surface area (Å²) in [5, 5.41) is 0.661. The molecule has 2 aromatic carbocycles. The molecule has 1 aromatic heterocycles. The molecular formula is C25H31N3O4S. The number of hydrogen-bond donors (Lipinski definition) is 0. The first kappa shape index (κ1) is 23.3. The first-order chi connectivity index (χ1) is 16.0. The molecule has 0 saturated carbocycles. The number of nitrogens with zero attached hydrogens (tertiary/aromatic N) is 3. The molecule has 0 atom stereocenters. The van der Waals surface area contributed by atoms with E-state index in [0.717, 1.165) is 47.5 Å². The second-order valence-electron chi connectivity index (χ2n) is 8.30. The van der Waals surface area contributed by atoms with Crippen molar-refractivity contribution < 1.29 is 19.0 Å². The van der Waals surface area contributed by atoms with Gasteiger partial charge in [-0.2, -0.15) is 0 Å². The molecule has 1 amide bonds. The van der Waals surface area contributed by atoms with Crippen LogP contribution in [0.4, 0.5) is 5.13 Å². The molecular weight excluding hydrogens is 438 g/mol. The fourth-order valence-corrected chi connectivity index (χ4v) is 4.57. The SMILES string of the molecule is CCCCCOc1cccc(C(=O)N(CCN(C)C)c2nc3cc4c(cc3s2)OCCO4)c1. The van der Waals surface area contributed by atoms with Gasteiger partial charge in [0.05, 0.1) is 16.8 Å². The molecule has 1 aliphatic heterocycles. The number of carbonyl (C=O) groups is 1. The van der Waals surface area contributed by atoms with Gasteiger partial charge in [-0.3, -0.25) is 9.69 Å². The average Bonchev–Trinajstić information content (AvgIpc) is 3.22. The van der Waals surface area contributed by atoms with Gasteiger partial charge in [0.25, 0.3) is 5.91 Å².